The number of aromatic hydroxyl groups is 1. The van der Waals surface area contributed by atoms with Gasteiger partial charge in [0.25, 0.3) is 0 Å². The van der Waals surface area contributed by atoms with Crippen LogP contribution in [0.3, 0.4) is 0 Å². The molecule has 0 aliphatic carbocycles. The van der Waals surface area contributed by atoms with Gasteiger partial charge in [-0.25, -0.2) is 0 Å². The van der Waals surface area contributed by atoms with Crippen molar-refractivity contribution in [2.75, 3.05) is 6.61 Å². The number of phenols is 1. The van der Waals surface area contributed by atoms with Crippen LogP contribution in [0, 0.1) is 0 Å². The molecule has 1 aromatic rings. The second-order valence-electron chi connectivity index (χ2n) is 5.64. The van der Waals surface area contributed by atoms with E-state index < -0.39 is 0 Å². The number of unbranched alkanes of at least 4 members (excludes halogenated alkanes) is 9. The predicted molar refractivity (Wildman–Crippen MR) is 90.5 cm³/mol. The van der Waals surface area contributed by atoms with E-state index >= 15 is 0 Å². The van der Waals surface area contributed by atoms with Gasteiger partial charge in [-0.05, 0) is 18.6 Å². The van der Waals surface area contributed by atoms with E-state index in [0.29, 0.717) is 17.4 Å². The molecule has 0 radical (unpaired) electrons. The van der Waals surface area contributed by atoms with Crippen molar-refractivity contribution in [3.8, 4) is 11.5 Å². The lowest BCUT2D eigenvalue weighted by molar-refractivity contribution is 0.289. The molecule has 1 rings (SSSR count). The van der Waals surface area contributed by atoms with E-state index in [0.717, 1.165) is 6.42 Å². The Labute approximate surface area is 134 Å². The Bertz CT molecular complexity index is 379. The van der Waals surface area contributed by atoms with Crippen LogP contribution in [0.25, 0.3) is 0 Å². The van der Waals surface area contributed by atoms with Crippen molar-refractivity contribution in [3.05, 3.63) is 23.2 Å². The first kappa shape index (κ1) is 18.2. The zero-order valence-corrected chi connectivity index (χ0v) is 14.0. The fourth-order valence-corrected chi connectivity index (χ4v) is 2.54. The predicted octanol–water partition coefficient (Wildman–Crippen LogP) is 6.35. The molecular weight excluding hydrogens is 284 g/mol. The van der Waals surface area contributed by atoms with Gasteiger partial charge in [-0.3, -0.25) is 0 Å². The highest BCUT2D eigenvalue weighted by Gasteiger charge is 2.02. The molecule has 0 bridgehead atoms. The first-order chi connectivity index (χ1) is 10.2. The van der Waals surface area contributed by atoms with Gasteiger partial charge in [0.15, 0.2) is 11.5 Å². The van der Waals surface area contributed by atoms with Gasteiger partial charge >= 0.3 is 0 Å². The molecule has 1 N–H and O–H groups in total. The molecule has 0 amide bonds. The van der Waals surface area contributed by atoms with Gasteiger partial charge in [-0.2, -0.15) is 0 Å². The monoisotopic (exact) mass is 312 g/mol. The highest BCUT2D eigenvalue weighted by Crippen LogP contribution is 2.29. The average Bonchev–Trinajstić information content (AvgIpc) is 2.48. The minimum atomic E-state index is 0.159. The van der Waals surface area contributed by atoms with Gasteiger partial charge in [0.1, 0.15) is 0 Å². The van der Waals surface area contributed by atoms with Gasteiger partial charge in [0.2, 0.25) is 0 Å². The van der Waals surface area contributed by atoms with Crippen molar-refractivity contribution in [2.45, 2.75) is 71.1 Å². The minimum Gasteiger partial charge on any atom is -0.504 e. The first-order valence-electron chi connectivity index (χ1n) is 8.35. The molecule has 0 saturated carbocycles. The highest BCUT2D eigenvalue weighted by atomic mass is 35.5. The fourth-order valence-electron chi connectivity index (χ4n) is 2.38. The average molecular weight is 313 g/mol. The Morgan fingerprint density at radius 1 is 0.905 bits per heavy atom. The van der Waals surface area contributed by atoms with Crippen LogP contribution >= 0.6 is 11.6 Å². The smallest absolute Gasteiger partial charge is 0.162 e. The molecular formula is C18H29ClO2. The van der Waals surface area contributed by atoms with Crippen LogP contribution in [-0.4, -0.2) is 11.7 Å². The molecule has 0 aromatic heterocycles. The molecule has 21 heavy (non-hydrogen) atoms. The third-order valence-corrected chi connectivity index (χ3v) is 3.91. The zero-order valence-electron chi connectivity index (χ0n) is 13.2. The molecule has 0 aliphatic rings. The Hall–Kier alpha value is -0.890. The quantitative estimate of drug-likeness (QED) is 0.456. The first-order valence-corrected chi connectivity index (χ1v) is 8.73. The Kier molecular flexibility index (Phi) is 10.1. The fraction of sp³-hybridized carbons (Fsp3) is 0.667. The second kappa shape index (κ2) is 11.7. The Balaban J connectivity index is 1.94. The third-order valence-electron chi connectivity index (χ3n) is 3.68. The van der Waals surface area contributed by atoms with Crippen LogP contribution in [0.2, 0.25) is 5.02 Å². The largest absolute Gasteiger partial charge is 0.504 e. The number of hydrogen-bond donors (Lipinski definition) is 1. The van der Waals surface area contributed by atoms with Gasteiger partial charge < -0.3 is 9.84 Å². The van der Waals surface area contributed by atoms with E-state index in [-0.39, 0.29) is 5.75 Å². The summed E-state index contributed by atoms with van der Waals surface area (Å²) in [5.41, 5.74) is 0. The Morgan fingerprint density at radius 3 is 2.10 bits per heavy atom. The summed E-state index contributed by atoms with van der Waals surface area (Å²) in [6, 6.07) is 4.88. The number of rotatable bonds is 12. The normalized spacial score (nSPS) is 10.8. The van der Waals surface area contributed by atoms with Crippen molar-refractivity contribution < 1.29 is 9.84 Å². The number of halogens is 1. The molecule has 0 aliphatic heterocycles. The van der Waals surface area contributed by atoms with Crippen molar-refractivity contribution in [2.24, 2.45) is 0 Å². The van der Waals surface area contributed by atoms with Crippen LogP contribution in [0.4, 0.5) is 0 Å². The molecule has 0 unspecified atom stereocenters. The lowest BCUT2D eigenvalue weighted by atomic mass is 10.1. The molecule has 120 valence electrons. The molecule has 0 fully saturated rings. The molecule has 0 atom stereocenters. The minimum absolute atomic E-state index is 0.159. The van der Waals surface area contributed by atoms with E-state index in [2.05, 4.69) is 6.92 Å². The van der Waals surface area contributed by atoms with Gasteiger partial charge in [-0.15, -0.1) is 0 Å². The van der Waals surface area contributed by atoms with Crippen LogP contribution < -0.4 is 4.74 Å². The van der Waals surface area contributed by atoms with Crippen molar-refractivity contribution in [3.63, 3.8) is 0 Å². The molecule has 0 spiro atoms. The third kappa shape index (κ3) is 8.87. The van der Waals surface area contributed by atoms with Crippen molar-refractivity contribution in [1.29, 1.82) is 0 Å². The SMILES string of the molecule is CCCCCCCCCCCCOc1cc(Cl)ccc1O. The summed E-state index contributed by atoms with van der Waals surface area (Å²) in [5, 5.41) is 10.2. The van der Waals surface area contributed by atoms with Crippen LogP contribution in [-0.2, 0) is 0 Å². The lowest BCUT2D eigenvalue weighted by Gasteiger charge is -2.08. The van der Waals surface area contributed by atoms with E-state index in [1.807, 2.05) is 0 Å². The number of phenolic OH excluding ortho intramolecular Hbond substituents is 1. The summed E-state index contributed by atoms with van der Waals surface area (Å²) in [6.07, 6.45) is 13.1. The molecule has 3 heteroatoms. The summed E-state index contributed by atoms with van der Waals surface area (Å²) in [5.74, 6) is 0.643. The number of ether oxygens (including phenoxy) is 1. The van der Waals surface area contributed by atoms with Gasteiger partial charge in [-0.1, -0.05) is 76.3 Å². The van der Waals surface area contributed by atoms with Crippen molar-refractivity contribution in [1.82, 2.24) is 0 Å². The van der Waals surface area contributed by atoms with Crippen molar-refractivity contribution >= 4 is 11.6 Å². The van der Waals surface area contributed by atoms with Gasteiger partial charge in [0.05, 0.1) is 6.61 Å². The van der Waals surface area contributed by atoms with E-state index in [1.165, 1.54) is 57.8 Å². The molecule has 2 nitrogen and oxygen atoms in total. The van der Waals surface area contributed by atoms with E-state index in [1.54, 1.807) is 18.2 Å². The summed E-state index contributed by atoms with van der Waals surface area (Å²) in [7, 11) is 0. The number of benzene rings is 1. The summed E-state index contributed by atoms with van der Waals surface area (Å²) >= 11 is 5.87. The lowest BCUT2D eigenvalue weighted by Crippen LogP contribution is -1.97. The summed E-state index contributed by atoms with van der Waals surface area (Å²) in [6.45, 7) is 2.90. The van der Waals surface area contributed by atoms with Crippen LogP contribution in [0.5, 0.6) is 11.5 Å². The molecule has 1 aromatic carbocycles. The second-order valence-corrected chi connectivity index (χ2v) is 6.08. The van der Waals surface area contributed by atoms with Crippen LogP contribution in [0.15, 0.2) is 18.2 Å². The standard InChI is InChI=1S/C18H29ClO2/c1-2-3-4-5-6-7-8-9-10-11-14-21-18-15-16(19)12-13-17(18)20/h12-13,15,20H,2-11,14H2,1H3. The van der Waals surface area contributed by atoms with E-state index in [9.17, 15) is 5.11 Å². The van der Waals surface area contributed by atoms with Gasteiger partial charge in [0, 0.05) is 11.1 Å². The summed E-state index contributed by atoms with van der Waals surface area (Å²) < 4.78 is 5.56. The van der Waals surface area contributed by atoms with E-state index in [4.69, 9.17) is 16.3 Å². The summed E-state index contributed by atoms with van der Waals surface area (Å²) in [4.78, 5) is 0. The topological polar surface area (TPSA) is 29.5 Å². The maximum Gasteiger partial charge on any atom is 0.162 e. The maximum absolute atomic E-state index is 9.61. The van der Waals surface area contributed by atoms with Crippen LogP contribution in [0.1, 0.15) is 71.1 Å². The molecule has 0 heterocycles. The number of hydrogen-bond acceptors (Lipinski definition) is 2. The molecule has 0 saturated heterocycles. The maximum atomic E-state index is 9.61. The highest BCUT2D eigenvalue weighted by molar-refractivity contribution is 6.30. The zero-order chi connectivity index (χ0) is 15.3. The Morgan fingerprint density at radius 2 is 1.48 bits per heavy atom.